The molecule has 1 aromatic carbocycles. The molecule has 5 heteroatoms. The molecule has 0 aromatic heterocycles. The van der Waals surface area contributed by atoms with Gasteiger partial charge in [0.1, 0.15) is 6.10 Å². The largest absolute Gasteiger partial charge is 0.465 e. The highest BCUT2D eigenvalue weighted by Crippen LogP contribution is 2.23. The van der Waals surface area contributed by atoms with Crippen LogP contribution in [0.5, 0.6) is 0 Å². The first-order valence-electron chi connectivity index (χ1n) is 5.67. The Kier molecular flexibility index (Phi) is 5.65. The summed E-state index contributed by atoms with van der Waals surface area (Å²) >= 11 is 4.02. The summed E-state index contributed by atoms with van der Waals surface area (Å²) in [6, 6.07) is 4.84. The average Bonchev–Trinajstić information content (AvgIpc) is 2.37. The highest BCUT2D eigenvalue weighted by molar-refractivity contribution is 7.80. The van der Waals surface area contributed by atoms with Gasteiger partial charge in [-0.3, -0.25) is 0 Å². The van der Waals surface area contributed by atoms with Crippen molar-refractivity contribution >= 4 is 18.6 Å². The minimum Gasteiger partial charge on any atom is -0.465 e. The number of carbonyl (C=O) groups excluding carboxylic acids is 1. The molecular weight excluding hydrogens is 252 g/mol. The molecule has 0 radical (unpaired) electrons. The monoisotopic (exact) mass is 270 g/mol. The van der Waals surface area contributed by atoms with Gasteiger partial charge in [-0.2, -0.15) is 12.6 Å². The van der Waals surface area contributed by atoms with Crippen LogP contribution in [0.2, 0.25) is 0 Å². The number of esters is 1. The predicted molar refractivity (Wildman–Crippen MR) is 72.0 cm³/mol. The van der Waals surface area contributed by atoms with Gasteiger partial charge in [0.05, 0.1) is 18.8 Å². The second kappa shape index (κ2) is 6.78. The number of aryl methyl sites for hydroxylation is 1. The zero-order valence-electron chi connectivity index (χ0n) is 10.5. The number of thiol groups is 1. The summed E-state index contributed by atoms with van der Waals surface area (Å²) in [4.78, 5) is 11.3. The number of hydrogen-bond donors (Lipinski definition) is 3. The molecule has 2 atom stereocenters. The van der Waals surface area contributed by atoms with Crippen LogP contribution in [0.1, 0.15) is 34.0 Å². The normalized spacial score (nSPS) is 14.1. The molecule has 100 valence electrons. The number of methoxy groups -OCH3 is 1. The summed E-state index contributed by atoms with van der Waals surface area (Å²) in [5.41, 5.74) is 1.77. The van der Waals surface area contributed by atoms with Crippen LogP contribution >= 0.6 is 12.6 Å². The van der Waals surface area contributed by atoms with Crippen molar-refractivity contribution in [2.75, 3.05) is 12.9 Å². The number of aliphatic hydroxyl groups is 2. The van der Waals surface area contributed by atoms with Gasteiger partial charge in [-0.25, -0.2) is 4.79 Å². The van der Waals surface area contributed by atoms with E-state index < -0.39 is 18.2 Å². The van der Waals surface area contributed by atoms with E-state index in [-0.39, 0.29) is 0 Å². The standard InChI is InChI=1S/C13H18O4S/c1-8-7-9(13(16)17-2)3-4-10(8)12(15)11(14)5-6-18/h3-4,7,11-12,14-15,18H,5-6H2,1-2H3. The van der Waals surface area contributed by atoms with E-state index in [4.69, 9.17) is 0 Å². The molecule has 18 heavy (non-hydrogen) atoms. The SMILES string of the molecule is COC(=O)c1ccc(C(O)C(O)CCS)c(C)c1. The number of ether oxygens (including phenoxy) is 1. The Hall–Kier alpha value is -1.04. The zero-order chi connectivity index (χ0) is 13.7. The highest BCUT2D eigenvalue weighted by atomic mass is 32.1. The summed E-state index contributed by atoms with van der Waals surface area (Å²) in [7, 11) is 1.32. The van der Waals surface area contributed by atoms with Gasteiger partial charge in [0.2, 0.25) is 0 Å². The third-order valence-electron chi connectivity index (χ3n) is 2.80. The number of benzene rings is 1. The maximum absolute atomic E-state index is 11.3. The van der Waals surface area contributed by atoms with Crippen molar-refractivity contribution in [3.8, 4) is 0 Å². The molecule has 0 spiro atoms. The van der Waals surface area contributed by atoms with Crippen molar-refractivity contribution in [2.45, 2.75) is 25.6 Å². The topological polar surface area (TPSA) is 66.8 Å². The second-order valence-electron chi connectivity index (χ2n) is 4.09. The van der Waals surface area contributed by atoms with E-state index >= 15 is 0 Å². The summed E-state index contributed by atoms with van der Waals surface area (Å²) in [5, 5.41) is 19.7. The third-order valence-corrected chi connectivity index (χ3v) is 3.06. The Labute approximate surface area is 112 Å². The van der Waals surface area contributed by atoms with Gasteiger partial charge < -0.3 is 14.9 Å². The summed E-state index contributed by atoms with van der Waals surface area (Å²) in [6.07, 6.45) is -1.42. The van der Waals surface area contributed by atoms with Crippen molar-refractivity contribution < 1.29 is 19.7 Å². The summed E-state index contributed by atoms with van der Waals surface area (Å²) < 4.78 is 4.62. The Morgan fingerprint density at radius 2 is 2.11 bits per heavy atom. The fourth-order valence-corrected chi connectivity index (χ4v) is 2.01. The van der Waals surface area contributed by atoms with Crippen LogP contribution in [-0.2, 0) is 4.74 Å². The van der Waals surface area contributed by atoms with E-state index in [2.05, 4.69) is 17.4 Å². The first-order valence-corrected chi connectivity index (χ1v) is 6.30. The van der Waals surface area contributed by atoms with Crippen molar-refractivity contribution in [2.24, 2.45) is 0 Å². The molecule has 0 saturated carbocycles. The Balaban J connectivity index is 2.94. The van der Waals surface area contributed by atoms with Crippen LogP contribution in [0.25, 0.3) is 0 Å². The quantitative estimate of drug-likeness (QED) is 0.560. The van der Waals surface area contributed by atoms with E-state index in [1.54, 1.807) is 25.1 Å². The number of hydrogen-bond acceptors (Lipinski definition) is 5. The van der Waals surface area contributed by atoms with Gasteiger partial charge >= 0.3 is 5.97 Å². The number of carbonyl (C=O) groups is 1. The maximum atomic E-state index is 11.3. The molecule has 0 aliphatic rings. The Bertz CT molecular complexity index is 419. The molecule has 0 aliphatic heterocycles. The van der Waals surface area contributed by atoms with Gasteiger partial charge in [0.25, 0.3) is 0 Å². The van der Waals surface area contributed by atoms with Crippen LogP contribution < -0.4 is 0 Å². The van der Waals surface area contributed by atoms with Gasteiger partial charge in [-0.1, -0.05) is 6.07 Å². The van der Waals surface area contributed by atoms with Gasteiger partial charge in [0.15, 0.2) is 0 Å². The van der Waals surface area contributed by atoms with Crippen molar-refractivity contribution in [3.05, 3.63) is 34.9 Å². The zero-order valence-corrected chi connectivity index (χ0v) is 11.4. The fraction of sp³-hybridized carbons (Fsp3) is 0.462. The second-order valence-corrected chi connectivity index (χ2v) is 4.53. The molecule has 2 unspecified atom stereocenters. The molecule has 0 fully saturated rings. The van der Waals surface area contributed by atoms with Crippen LogP contribution in [-0.4, -0.2) is 35.1 Å². The average molecular weight is 270 g/mol. The van der Waals surface area contributed by atoms with Gasteiger partial charge in [0, 0.05) is 0 Å². The molecule has 4 nitrogen and oxygen atoms in total. The van der Waals surface area contributed by atoms with Gasteiger partial charge in [-0.15, -0.1) is 0 Å². The van der Waals surface area contributed by atoms with E-state index in [0.29, 0.717) is 23.3 Å². The highest BCUT2D eigenvalue weighted by Gasteiger charge is 2.20. The van der Waals surface area contributed by atoms with Crippen LogP contribution in [0.4, 0.5) is 0 Å². The van der Waals surface area contributed by atoms with E-state index in [1.807, 2.05) is 0 Å². The minimum absolute atomic E-state index is 0.405. The van der Waals surface area contributed by atoms with E-state index in [9.17, 15) is 15.0 Å². The third kappa shape index (κ3) is 3.48. The van der Waals surface area contributed by atoms with E-state index in [0.717, 1.165) is 5.56 Å². The molecule has 1 rings (SSSR count). The first-order chi connectivity index (χ1) is 8.51. The lowest BCUT2D eigenvalue weighted by molar-refractivity contribution is 0.0168. The van der Waals surface area contributed by atoms with Crippen LogP contribution in [0.3, 0.4) is 0 Å². The Morgan fingerprint density at radius 3 is 2.61 bits per heavy atom. The molecule has 1 aromatic rings. The lowest BCUT2D eigenvalue weighted by Gasteiger charge is -2.19. The smallest absolute Gasteiger partial charge is 0.337 e. The van der Waals surface area contributed by atoms with Crippen LogP contribution in [0.15, 0.2) is 18.2 Å². The lowest BCUT2D eigenvalue weighted by atomic mass is 9.96. The molecule has 0 aliphatic carbocycles. The fourth-order valence-electron chi connectivity index (χ4n) is 1.75. The molecule has 0 heterocycles. The number of rotatable bonds is 5. The van der Waals surface area contributed by atoms with Gasteiger partial charge in [-0.05, 0) is 42.4 Å². The first kappa shape index (κ1) is 15.0. The number of aliphatic hydroxyl groups excluding tert-OH is 2. The molecule has 2 N–H and O–H groups in total. The van der Waals surface area contributed by atoms with E-state index in [1.165, 1.54) is 7.11 Å². The summed E-state index contributed by atoms with van der Waals surface area (Å²) in [6.45, 7) is 1.78. The maximum Gasteiger partial charge on any atom is 0.337 e. The van der Waals surface area contributed by atoms with Crippen molar-refractivity contribution in [1.29, 1.82) is 0 Å². The predicted octanol–water partition coefficient (Wildman–Crippen LogP) is 1.50. The van der Waals surface area contributed by atoms with Crippen molar-refractivity contribution in [3.63, 3.8) is 0 Å². The van der Waals surface area contributed by atoms with Crippen LogP contribution in [0, 0.1) is 6.92 Å². The minimum atomic E-state index is -0.969. The summed E-state index contributed by atoms with van der Waals surface area (Å²) in [5.74, 6) is 0.0763. The molecule has 0 saturated heterocycles. The van der Waals surface area contributed by atoms with Crippen molar-refractivity contribution in [1.82, 2.24) is 0 Å². The molecule has 0 amide bonds. The molecular formula is C13H18O4S. The Morgan fingerprint density at radius 1 is 1.44 bits per heavy atom. The lowest BCUT2D eigenvalue weighted by Crippen LogP contribution is -2.19. The molecule has 0 bridgehead atoms.